The summed E-state index contributed by atoms with van der Waals surface area (Å²) in [4.78, 5) is 14.2. The van der Waals surface area contributed by atoms with Crippen LogP contribution in [-0.4, -0.2) is 43.0 Å². The second-order valence-electron chi connectivity index (χ2n) is 5.73. The van der Waals surface area contributed by atoms with Gasteiger partial charge in [-0.2, -0.15) is 0 Å². The highest BCUT2D eigenvalue weighted by Crippen LogP contribution is 2.15. The Hall–Kier alpha value is -0.610. The molecule has 1 fully saturated rings. The molecule has 106 valence electrons. The summed E-state index contributed by atoms with van der Waals surface area (Å²) in [5.74, 6) is 1.10. The standard InChI is InChI=1S/C14H29N3O/c1-4-12(3)13(15)14(18)16-7-10-17-8-5-11(2)6-9-17/h11-13H,4-10,15H2,1-3H3,(H,16,18)/t12-,13-/m0/s1. The number of amides is 1. The van der Waals surface area contributed by atoms with Gasteiger partial charge in [0.2, 0.25) is 5.91 Å². The lowest BCUT2D eigenvalue weighted by Crippen LogP contribution is -2.47. The maximum Gasteiger partial charge on any atom is 0.237 e. The number of carbonyl (C=O) groups is 1. The molecule has 18 heavy (non-hydrogen) atoms. The van der Waals surface area contributed by atoms with Crippen molar-refractivity contribution in [1.82, 2.24) is 10.2 Å². The largest absolute Gasteiger partial charge is 0.353 e. The van der Waals surface area contributed by atoms with Gasteiger partial charge in [-0.25, -0.2) is 0 Å². The Labute approximate surface area is 111 Å². The van der Waals surface area contributed by atoms with Crippen LogP contribution in [0, 0.1) is 11.8 Å². The molecule has 0 aromatic heterocycles. The summed E-state index contributed by atoms with van der Waals surface area (Å²) in [6.45, 7) is 10.4. The lowest BCUT2D eigenvalue weighted by molar-refractivity contribution is -0.123. The monoisotopic (exact) mass is 255 g/mol. The van der Waals surface area contributed by atoms with Gasteiger partial charge in [0.25, 0.3) is 0 Å². The molecule has 0 radical (unpaired) electrons. The van der Waals surface area contributed by atoms with Crippen LogP contribution < -0.4 is 11.1 Å². The first-order chi connectivity index (χ1) is 8.54. The quantitative estimate of drug-likeness (QED) is 0.750. The van der Waals surface area contributed by atoms with Gasteiger partial charge >= 0.3 is 0 Å². The molecular weight excluding hydrogens is 226 g/mol. The van der Waals surface area contributed by atoms with Crippen molar-refractivity contribution in [3.8, 4) is 0 Å². The number of hydrogen-bond acceptors (Lipinski definition) is 3. The molecule has 0 aromatic rings. The molecular formula is C14H29N3O. The molecule has 4 heteroatoms. The van der Waals surface area contributed by atoms with Gasteiger partial charge in [0.1, 0.15) is 0 Å². The summed E-state index contributed by atoms with van der Waals surface area (Å²) in [7, 11) is 0. The highest BCUT2D eigenvalue weighted by Gasteiger charge is 2.19. The Morgan fingerprint density at radius 3 is 2.61 bits per heavy atom. The van der Waals surface area contributed by atoms with Crippen molar-refractivity contribution in [2.45, 2.75) is 46.1 Å². The number of hydrogen-bond donors (Lipinski definition) is 2. The zero-order valence-electron chi connectivity index (χ0n) is 12.1. The van der Waals surface area contributed by atoms with E-state index in [9.17, 15) is 4.79 Å². The third-order valence-electron chi connectivity index (χ3n) is 4.16. The molecule has 1 aliphatic rings. The van der Waals surface area contributed by atoms with E-state index in [-0.39, 0.29) is 17.9 Å². The number of likely N-dealkylation sites (tertiary alicyclic amines) is 1. The molecule has 0 bridgehead atoms. The van der Waals surface area contributed by atoms with E-state index in [2.05, 4.69) is 24.1 Å². The van der Waals surface area contributed by atoms with Gasteiger partial charge in [0, 0.05) is 13.1 Å². The fraction of sp³-hybridized carbons (Fsp3) is 0.929. The van der Waals surface area contributed by atoms with E-state index in [1.165, 1.54) is 12.8 Å². The van der Waals surface area contributed by atoms with Gasteiger partial charge in [-0.1, -0.05) is 27.2 Å². The molecule has 0 spiro atoms. The predicted molar refractivity (Wildman–Crippen MR) is 75.3 cm³/mol. The topological polar surface area (TPSA) is 58.4 Å². The molecule has 0 unspecified atom stereocenters. The fourth-order valence-electron chi connectivity index (χ4n) is 2.25. The molecule has 0 aliphatic carbocycles. The zero-order chi connectivity index (χ0) is 13.5. The second kappa shape index (κ2) is 7.74. The van der Waals surface area contributed by atoms with Crippen LogP contribution in [0.4, 0.5) is 0 Å². The van der Waals surface area contributed by atoms with E-state index in [0.717, 1.165) is 38.5 Å². The summed E-state index contributed by atoms with van der Waals surface area (Å²) in [5.41, 5.74) is 5.88. The first kappa shape index (κ1) is 15.4. The van der Waals surface area contributed by atoms with Crippen molar-refractivity contribution in [1.29, 1.82) is 0 Å². The van der Waals surface area contributed by atoms with Gasteiger partial charge < -0.3 is 16.0 Å². The highest BCUT2D eigenvalue weighted by molar-refractivity contribution is 5.81. The number of nitrogens with zero attached hydrogens (tertiary/aromatic N) is 1. The molecule has 1 amide bonds. The summed E-state index contributed by atoms with van der Waals surface area (Å²) >= 11 is 0. The van der Waals surface area contributed by atoms with E-state index < -0.39 is 0 Å². The third-order valence-corrected chi connectivity index (χ3v) is 4.16. The molecule has 0 saturated carbocycles. The van der Waals surface area contributed by atoms with E-state index in [4.69, 9.17) is 5.73 Å². The Balaban J connectivity index is 2.15. The van der Waals surface area contributed by atoms with E-state index in [1.807, 2.05) is 6.92 Å². The molecule has 1 heterocycles. The van der Waals surface area contributed by atoms with Crippen LogP contribution in [0.15, 0.2) is 0 Å². The van der Waals surface area contributed by atoms with Crippen LogP contribution in [-0.2, 0) is 4.79 Å². The average molecular weight is 255 g/mol. The van der Waals surface area contributed by atoms with E-state index in [0.29, 0.717) is 0 Å². The minimum Gasteiger partial charge on any atom is -0.353 e. The van der Waals surface area contributed by atoms with Crippen molar-refractivity contribution in [2.75, 3.05) is 26.2 Å². The summed E-state index contributed by atoms with van der Waals surface area (Å²) in [6.07, 6.45) is 3.50. The number of rotatable bonds is 6. The Morgan fingerprint density at radius 1 is 1.44 bits per heavy atom. The molecule has 3 N–H and O–H groups in total. The Morgan fingerprint density at radius 2 is 2.06 bits per heavy atom. The smallest absolute Gasteiger partial charge is 0.237 e. The molecule has 1 saturated heterocycles. The molecule has 1 rings (SSSR count). The fourth-order valence-corrected chi connectivity index (χ4v) is 2.25. The minimum atomic E-state index is -0.364. The Bertz CT molecular complexity index is 249. The van der Waals surface area contributed by atoms with Crippen LogP contribution >= 0.6 is 0 Å². The maximum atomic E-state index is 11.8. The molecule has 0 aromatic carbocycles. The van der Waals surface area contributed by atoms with Crippen LogP contribution in [0.2, 0.25) is 0 Å². The van der Waals surface area contributed by atoms with E-state index in [1.54, 1.807) is 0 Å². The van der Waals surface area contributed by atoms with Gasteiger partial charge in [-0.15, -0.1) is 0 Å². The SMILES string of the molecule is CC[C@H](C)[C@H](N)C(=O)NCCN1CCC(C)CC1. The van der Waals surface area contributed by atoms with Gasteiger partial charge in [-0.05, 0) is 37.8 Å². The predicted octanol–water partition coefficient (Wildman–Crippen LogP) is 1.21. The summed E-state index contributed by atoms with van der Waals surface area (Å²) in [6, 6.07) is -0.364. The lowest BCUT2D eigenvalue weighted by Gasteiger charge is -2.30. The van der Waals surface area contributed by atoms with Crippen molar-refractivity contribution in [3.05, 3.63) is 0 Å². The molecule has 1 aliphatic heterocycles. The highest BCUT2D eigenvalue weighted by atomic mass is 16.2. The first-order valence-corrected chi connectivity index (χ1v) is 7.30. The Kier molecular flexibility index (Phi) is 6.65. The van der Waals surface area contributed by atoms with Gasteiger partial charge in [0.05, 0.1) is 6.04 Å². The van der Waals surface area contributed by atoms with Crippen molar-refractivity contribution >= 4 is 5.91 Å². The number of carbonyl (C=O) groups excluding carboxylic acids is 1. The van der Waals surface area contributed by atoms with Crippen molar-refractivity contribution < 1.29 is 4.79 Å². The van der Waals surface area contributed by atoms with Crippen molar-refractivity contribution in [2.24, 2.45) is 17.6 Å². The summed E-state index contributed by atoms with van der Waals surface area (Å²) < 4.78 is 0. The molecule has 2 atom stereocenters. The third kappa shape index (κ3) is 4.94. The van der Waals surface area contributed by atoms with E-state index >= 15 is 0 Å². The maximum absolute atomic E-state index is 11.8. The van der Waals surface area contributed by atoms with Gasteiger partial charge in [-0.3, -0.25) is 4.79 Å². The van der Waals surface area contributed by atoms with Crippen LogP contribution in [0.1, 0.15) is 40.0 Å². The van der Waals surface area contributed by atoms with Gasteiger partial charge in [0.15, 0.2) is 0 Å². The second-order valence-corrected chi connectivity index (χ2v) is 5.73. The van der Waals surface area contributed by atoms with Crippen LogP contribution in [0.25, 0.3) is 0 Å². The zero-order valence-corrected chi connectivity index (χ0v) is 12.1. The lowest BCUT2D eigenvalue weighted by atomic mass is 9.99. The normalized spacial score (nSPS) is 21.6. The van der Waals surface area contributed by atoms with Crippen LogP contribution in [0.5, 0.6) is 0 Å². The molecule has 4 nitrogen and oxygen atoms in total. The first-order valence-electron chi connectivity index (χ1n) is 7.30. The average Bonchev–Trinajstić information content (AvgIpc) is 2.39. The number of piperidine rings is 1. The summed E-state index contributed by atoms with van der Waals surface area (Å²) in [5, 5.41) is 2.95. The minimum absolute atomic E-state index is 0.00488. The number of nitrogens with one attached hydrogen (secondary N) is 1. The van der Waals surface area contributed by atoms with Crippen molar-refractivity contribution in [3.63, 3.8) is 0 Å². The number of nitrogens with two attached hydrogens (primary N) is 1. The van der Waals surface area contributed by atoms with Crippen LogP contribution in [0.3, 0.4) is 0 Å².